The highest BCUT2D eigenvalue weighted by atomic mass is 35.5. The molecule has 0 atom stereocenters. The van der Waals surface area contributed by atoms with Crippen molar-refractivity contribution in [1.29, 1.82) is 0 Å². The van der Waals surface area contributed by atoms with Crippen molar-refractivity contribution in [2.45, 2.75) is 68.5 Å². The molecule has 0 bridgehead atoms. The van der Waals surface area contributed by atoms with Gasteiger partial charge in [0.1, 0.15) is 0 Å². The lowest BCUT2D eigenvalue weighted by atomic mass is 9.68. The van der Waals surface area contributed by atoms with Crippen LogP contribution in [-0.4, -0.2) is 82.8 Å². The first-order valence-corrected chi connectivity index (χ1v) is 14.3. The first-order chi connectivity index (χ1) is 17.9. The maximum absolute atomic E-state index is 14.0. The van der Waals surface area contributed by atoms with Crippen molar-refractivity contribution in [1.82, 2.24) is 24.9 Å². The van der Waals surface area contributed by atoms with E-state index in [4.69, 9.17) is 11.6 Å². The number of carbonyl (C=O) groups excluding carboxylic acids is 1. The van der Waals surface area contributed by atoms with Crippen LogP contribution in [0.25, 0.3) is 0 Å². The Kier molecular flexibility index (Phi) is 6.56. The van der Waals surface area contributed by atoms with Gasteiger partial charge in [0.05, 0.1) is 17.4 Å². The minimum Gasteiger partial charge on any atom is -0.370 e. The van der Waals surface area contributed by atoms with E-state index in [1.54, 1.807) is 6.20 Å². The van der Waals surface area contributed by atoms with Gasteiger partial charge in [-0.05, 0) is 76.9 Å². The van der Waals surface area contributed by atoms with Gasteiger partial charge in [-0.15, -0.1) is 5.10 Å². The molecule has 0 unspecified atom stereocenters. The molecule has 1 aromatic heterocycles. The van der Waals surface area contributed by atoms with Crippen LogP contribution in [0.2, 0.25) is 5.15 Å². The number of aromatic nitrogens is 2. The second-order valence-electron chi connectivity index (χ2n) is 11.9. The molecule has 0 N–H and O–H groups in total. The zero-order chi connectivity index (χ0) is 25.6. The highest BCUT2D eigenvalue weighted by Crippen LogP contribution is 2.50. The van der Waals surface area contributed by atoms with Crippen molar-refractivity contribution in [2.24, 2.45) is 5.92 Å². The summed E-state index contributed by atoms with van der Waals surface area (Å²) in [6.07, 6.45) is 10.6. The second-order valence-corrected chi connectivity index (χ2v) is 12.3. The zero-order valence-electron chi connectivity index (χ0n) is 22.2. The molecule has 7 nitrogen and oxygen atoms in total. The molecule has 2 aliphatic heterocycles. The number of carbonyl (C=O) groups is 1. The highest BCUT2D eigenvalue weighted by Gasteiger charge is 2.56. The van der Waals surface area contributed by atoms with Crippen LogP contribution in [0.5, 0.6) is 0 Å². The third kappa shape index (κ3) is 4.59. The van der Waals surface area contributed by atoms with E-state index in [2.05, 4.69) is 74.2 Å². The monoisotopic (exact) mass is 522 g/mol. The van der Waals surface area contributed by atoms with E-state index >= 15 is 0 Å². The van der Waals surface area contributed by atoms with Crippen LogP contribution in [-0.2, 0) is 5.54 Å². The lowest BCUT2D eigenvalue weighted by Gasteiger charge is -2.51. The van der Waals surface area contributed by atoms with E-state index in [0.717, 1.165) is 70.4 Å². The molecule has 1 spiro atoms. The Bertz CT molecular complexity index is 1110. The maximum atomic E-state index is 14.0. The average molecular weight is 523 g/mol. The molecule has 4 fully saturated rings. The molecule has 0 radical (unpaired) electrons. The number of nitrogens with zero attached hydrogens (tertiary/aromatic N) is 6. The fraction of sp³-hybridized carbons (Fsp3) is 0.621. The van der Waals surface area contributed by atoms with Gasteiger partial charge in [0.2, 0.25) is 0 Å². The summed E-state index contributed by atoms with van der Waals surface area (Å²) in [7, 11) is 4.44. The van der Waals surface area contributed by atoms with Crippen LogP contribution >= 0.6 is 11.6 Å². The van der Waals surface area contributed by atoms with E-state index in [9.17, 15) is 4.79 Å². The molecule has 6 rings (SSSR count). The Morgan fingerprint density at radius 1 is 1.03 bits per heavy atom. The van der Waals surface area contributed by atoms with Gasteiger partial charge in [-0.1, -0.05) is 41.9 Å². The number of anilines is 1. The predicted octanol–water partition coefficient (Wildman–Crippen LogP) is 5.02. The van der Waals surface area contributed by atoms with Gasteiger partial charge in [0.15, 0.2) is 5.15 Å². The first-order valence-electron chi connectivity index (χ1n) is 13.9. The smallest absolute Gasteiger partial charge is 0.320 e. The van der Waals surface area contributed by atoms with Crippen molar-refractivity contribution >= 4 is 23.3 Å². The summed E-state index contributed by atoms with van der Waals surface area (Å²) < 4.78 is 0. The lowest BCUT2D eigenvalue weighted by Crippen LogP contribution is -2.55. The van der Waals surface area contributed by atoms with Gasteiger partial charge in [0, 0.05) is 43.8 Å². The first kappa shape index (κ1) is 24.9. The van der Waals surface area contributed by atoms with E-state index in [1.807, 2.05) is 6.07 Å². The van der Waals surface area contributed by atoms with Gasteiger partial charge < -0.3 is 14.7 Å². The van der Waals surface area contributed by atoms with Crippen LogP contribution in [0.3, 0.4) is 0 Å². The number of hydrogen-bond donors (Lipinski definition) is 0. The van der Waals surface area contributed by atoms with Crippen molar-refractivity contribution < 1.29 is 4.79 Å². The fourth-order valence-electron chi connectivity index (χ4n) is 7.18. The number of benzene rings is 1. The maximum Gasteiger partial charge on any atom is 0.320 e. The molecule has 3 heterocycles. The third-order valence-corrected chi connectivity index (χ3v) is 9.89. The van der Waals surface area contributed by atoms with Crippen molar-refractivity contribution in [2.75, 3.05) is 45.2 Å². The van der Waals surface area contributed by atoms with Crippen molar-refractivity contribution in [3.63, 3.8) is 0 Å². The Morgan fingerprint density at radius 2 is 1.73 bits per heavy atom. The summed E-state index contributed by atoms with van der Waals surface area (Å²) in [5, 5.41) is 8.32. The van der Waals surface area contributed by atoms with E-state index < -0.39 is 0 Å². The van der Waals surface area contributed by atoms with Crippen LogP contribution < -0.4 is 4.90 Å². The molecule has 2 saturated carbocycles. The van der Waals surface area contributed by atoms with Gasteiger partial charge in [-0.3, -0.25) is 4.90 Å². The Morgan fingerprint density at radius 3 is 2.35 bits per heavy atom. The molecule has 8 heteroatoms. The Hall–Kier alpha value is -2.38. The van der Waals surface area contributed by atoms with Crippen LogP contribution in [0.4, 0.5) is 10.5 Å². The summed E-state index contributed by atoms with van der Waals surface area (Å²) in [4.78, 5) is 23.3. The molecule has 2 aliphatic carbocycles. The van der Waals surface area contributed by atoms with Crippen molar-refractivity contribution in [3.05, 3.63) is 53.3 Å². The Labute approximate surface area is 225 Å². The minimum atomic E-state index is -0.0341. The van der Waals surface area contributed by atoms with Crippen molar-refractivity contribution in [3.8, 4) is 0 Å². The standard InChI is InChI=1S/C29H39ClN6O/c1-33(2)29(23-6-4-3-5-7-23)14-12-28(13-15-29)21-35(27(37)36(28)20-22-8-9-22)24-10-16-34(17-11-24)25-18-26(30)32-31-19-25/h3-7,18-19,22,24H,8-17,20-21H2,1-2H3/t28-,29-. The molecular formula is C29H39ClN6O. The summed E-state index contributed by atoms with van der Waals surface area (Å²) >= 11 is 6.08. The second kappa shape index (κ2) is 9.73. The van der Waals surface area contributed by atoms with Crippen LogP contribution in [0.1, 0.15) is 56.9 Å². The summed E-state index contributed by atoms with van der Waals surface area (Å²) in [6, 6.07) is 13.5. The molecule has 4 aliphatic rings. The normalized spacial score (nSPS) is 29.1. The number of urea groups is 1. The SMILES string of the molecule is CN(C)[C@]1(c2ccccc2)CC[C@@]2(CC1)CN(C1CCN(c3cnnc(Cl)c3)CC1)C(=O)N2CC1CC1. The molecule has 198 valence electrons. The number of halogens is 1. The lowest BCUT2D eigenvalue weighted by molar-refractivity contribution is 0.0226. The largest absolute Gasteiger partial charge is 0.370 e. The number of hydrogen-bond acceptors (Lipinski definition) is 5. The predicted molar refractivity (Wildman–Crippen MR) is 147 cm³/mol. The molecular weight excluding hydrogens is 484 g/mol. The summed E-state index contributed by atoms with van der Waals surface area (Å²) in [5.41, 5.74) is 2.43. The van der Waals surface area contributed by atoms with Crippen LogP contribution in [0, 0.1) is 5.92 Å². The Balaban J connectivity index is 1.19. The fourth-order valence-corrected chi connectivity index (χ4v) is 7.34. The van der Waals surface area contributed by atoms with Crippen LogP contribution in [0.15, 0.2) is 42.6 Å². The van der Waals surface area contributed by atoms with Gasteiger partial charge in [-0.2, -0.15) is 5.10 Å². The minimum absolute atomic E-state index is 0.0341. The number of piperidine rings is 1. The molecule has 37 heavy (non-hydrogen) atoms. The quantitative estimate of drug-likeness (QED) is 0.533. The van der Waals surface area contributed by atoms with E-state index in [-0.39, 0.29) is 17.1 Å². The summed E-state index contributed by atoms with van der Waals surface area (Å²) in [5.74, 6) is 0.696. The number of amides is 2. The zero-order valence-corrected chi connectivity index (χ0v) is 22.9. The topological polar surface area (TPSA) is 55.8 Å². The summed E-state index contributed by atoms with van der Waals surface area (Å²) in [6.45, 7) is 3.63. The number of rotatable bonds is 6. The average Bonchev–Trinajstić information content (AvgIpc) is 3.71. The highest BCUT2D eigenvalue weighted by molar-refractivity contribution is 6.29. The van der Waals surface area contributed by atoms with E-state index in [0.29, 0.717) is 17.1 Å². The van der Waals surface area contributed by atoms with Gasteiger partial charge >= 0.3 is 6.03 Å². The molecule has 2 saturated heterocycles. The van der Waals surface area contributed by atoms with E-state index in [1.165, 1.54) is 18.4 Å². The molecule has 2 aromatic rings. The third-order valence-electron chi connectivity index (χ3n) is 9.71. The van der Waals surface area contributed by atoms with Gasteiger partial charge in [-0.25, -0.2) is 4.79 Å². The van der Waals surface area contributed by atoms with Gasteiger partial charge in [0.25, 0.3) is 0 Å². The molecule has 2 amide bonds. The molecule has 1 aromatic carbocycles.